The van der Waals surface area contributed by atoms with Gasteiger partial charge in [-0.25, -0.2) is 17.2 Å². The molecular weight excluding hydrogens is 951 g/mol. The van der Waals surface area contributed by atoms with Crippen LogP contribution in [0, 0.1) is 11.6 Å². The van der Waals surface area contributed by atoms with E-state index in [1.54, 1.807) is 34.9 Å². The van der Waals surface area contributed by atoms with Gasteiger partial charge in [0.15, 0.2) is 21.3 Å². The maximum absolute atomic E-state index is 13.6. The summed E-state index contributed by atoms with van der Waals surface area (Å²) in [6.45, 7) is 0.384. The molecule has 5 heterocycles. The number of hydrogen-bond acceptors (Lipinski definition) is 13. The van der Waals surface area contributed by atoms with Gasteiger partial charge in [0.05, 0.1) is 22.5 Å². The topological polar surface area (TPSA) is 252 Å². The molecule has 1 saturated heterocycles. The third-order valence-corrected chi connectivity index (χ3v) is 13.3. The average molecular weight is 995 g/mol. The first kappa shape index (κ1) is 49.9. The van der Waals surface area contributed by atoms with Crippen molar-refractivity contribution in [1.82, 2.24) is 40.0 Å². The van der Waals surface area contributed by atoms with Crippen LogP contribution in [0.15, 0.2) is 118 Å². The number of carbonyl (C=O) groups excluding carboxylic acids is 4. The Hall–Kier alpha value is -7.98. The molecule has 4 aromatic heterocycles. The number of hydrogen-bond donors (Lipinski definition) is 5. The summed E-state index contributed by atoms with van der Waals surface area (Å²) in [5, 5.41) is 28.9. The molecule has 70 heavy (non-hydrogen) atoms. The van der Waals surface area contributed by atoms with Crippen LogP contribution in [0.5, 0.6) is 11.5 Å². The molecule has 1 aliphatic heterocycles. The second-order valence-electron chi connectivity index (χ2n) is 15.7. The summed E-state index contributed by atoms with van der Waals surface area (Å²) in [6, 6.07) is 22.2. The van der Waals surface area contributed by atoms with Gasteiger partial charge in [0, 0.05) is 68.9 Å². The highest BCUT2D eigenvalue weighted by Crippen LogP contribution is 2.27. The number of halogens is 2. The first-order valence-corrected chi connectivity index (χ1v) is 24.4. The normalized spacial score (nSPS) is 12.5. The fraction of sp³-hybridized carbons (Fsp3) is 0.208. The number of fused-ring (bicyclic) bond motifs is 2. The van der Waals surface area contributed by atoms with E-state index < -0.39 is 72.9 Å². The monoisotopic (exact) mass is 994 g/mol. The predicted octanol–water partition coefficient (Wildman–Crippen LogP) is 3.73. The van der Waals surface area contributed by atoms with E-state index in [0.717, 1.165) is 52.2 Å². The first-order valence-electron chi connectivity index (χ1n) is 21.3. The van der Waals surface area contributed by atoms with E-state index in [-0.39, 0.29) is 64.7 Å². The van der Waals surface area contributed by atoms with Gasteiger partial charge in [-0.1, -0.05) is 42.5 Å². The largest absolute Gasteiger partial charge is 0.505 e. The maximum atomic E-state index is 13.6. The Bertz CT molecular complexity index is 3420. The minimum atomic E-state index is -3.80. The third-order valence-electron chi connectivity index (χ3n) is 11.1. The van der Waals surface area contributed by atoms with E-state index in [9.17, 15) is 56.2 Å². The number of rotatable bonds is 12. The summed E-state index contributed by atoms with van der Waals surface area (Å²) in [5.41, 5.74) is -0.725. The number of amides is 4. The van der Waals surface area contributed by atoms with Crippen molar-refractivity contribution in [3.8, 4) is 11.5 Å². The lowest BCUT2D eigenvalue weighted by molar-refractivity contribution is -0.131. The zero-order valence-electron chi connectivity index (χ0n) is 37.4. The molecule has 8 rings (SSSR count). The van der Waals surface area contributed by atoms with Gasteiger partial charge in [-0.15, -0.1) is 0 Å². The van der Waals surface area contributed by atoms with Crippen molar-refractivity contribution in [3.63, 3.8) is 0 Å². The van der Waals surface area contributed by atoms with Gasteiger partial charge in [0.25, 0.3) is 28.8 Å². The summed E-state index contributed by atoms with van der Waals surface area (Å²) in [5.74, 6) is -3.65. The van der Waals surface area contributed by atoms with Crippen molar-refractivity contribution in [2.75, 3.05) is 37.9 Å². The molecule has 0 radical (unpaired) electrons. The highest BCUT2D eigenvalue weighted by atomic mass is 32.2. The van der Waals surface area contributed by atoms with Crippen LogP contribution < -0.4 is 27.1 Å². The number of nitrogens with one attached hydrogen (secondary N) is 3. The van der Waals surface area contributed by atoms with Crippen molar-refractivity contribution in [2.45, 2.75) is 31.1 Å². The number of benzene rings is 3. The molecule has 1 aliphatic rings. The number of aromatic nitrogens is 4. The minimum absolute atomic E-state index is 0.0390. The molecule has 7 aromatic rings. The Kier molecular flexibility index (Phi) is 15.4. The standard InChI is InChI=1S/C25H21FN4O4.C23H23FN4O6S2/c1-27-23(32)18-12-17(26)10-9-16(18)13-29-24(33)20-22(31)21-19(8-5-11-28-21)30(25(20)34)14-15-6-3-2-4-7-15;1-36(33,34)17-11-15(24)5-4-14(17)12-26-22(31)19-21(30)20-16(3-2-6-25-20)28(23(19)32)13-18(29)27-7-9-35-10-8-27/h2-12,31H,13-14H2,1H3,(H,27,32)(H,29,33);2-6,11,30H,7-10,12-13H2,1H3,(H,26,31). The number of carbonyl (C=O) groups is 4. The van der Waals surface area contributed by atoms with Crippen LogP contribution in [0.25, 0.3) is 22.1 Å². The molecule has 4 amide bonds. The maximum Gasteiger partial charge on any atom is 0.268 e. The SMILES string of the molecule is CNC(=O)c1cc(F)ccc1CNC(=O)c1c(O)c2ncccc2n(Cc2ccccc2)c1=O.CS(=O)(=O)c1cc(F)ccc1CNC(=O)c1c(O)c2ncccc2n(CC(=O)N2CCSCC2)c1=O. The van der Waals surface area contributed by atoms with Crippen LogP contribution in [-0.4, -0.2) is 104 Å². The van der Waals surface area contributed by atoms with Crippen molar-refractivity contribution in [3.05, 3.63) is 169 Å². The van der Waals surface area contributed by atoms with Gasteiger partial charge in [-0.3, -0.25) is 43.3 Å². The molecule has 18 nitrogen and oxygen atoms in total. The van der Waals surface area contributed by atoms with E-state index in [1.807, 2.05) is 30.3 Å². The molecular formula is C48H44F2N8O10S2. The van der Waals surface area contributed by atoms with Crippen LogP contribution in [0.4, 0.5) is 8.78 Å². The van der Waals surface area contributed by atoms with E-state index in [4.69, 9.17) is 0 Å². The van der Waals surface area contributed by atoms with Gasteiger partial charge in [0.2, 0.25) is 5.91 Å². The number of aromatic hydroxyl groups is 2. The van der Waals surface area contributed by atoms with Gasteiger partial charge in [-0.05, 0) is 65.2 Å². The van der Waals surface area contributed by atoms with Gasteiger partial charge in [-0.2, -0.15) is 11.8 Å². The lowest BCUT2D eigenvalue weighted by Gasteiger charge is -2.27. The van der Waals surface area contributed by atoms with Crippen molar-refractivity contribution in [1.29, 1.82) is 0 Å². The minimum Gasteiger partial charge on any atom is -0.505 e. The average Bonchev–Trinajstić information content (AvgIpc) is 3.36. The molecule has 0 unspecified atom stereocenters. The van der Waals surface area contributed by atoms with Gasteiger partial charge in [0.1, 0.15) is 40.3 Å². The lowest BCUT2D eigenvalue weighted by Crippen LogP contribution is -2.42. The zero-order valence-corrected chi connectivity index (χ0v) is 39.1. The van der Waals surface area contributed by atoms with E-state index >= 15 is 0 Å². The van der Waals surface area contributed by atoms with Crippen molar-refractivity contribution >= 4 is 67.3 Å². The van der Waals surface area contributed by atoms with Crippen LogP contribution in [0.2, 0.25) is 0 Å². The van der Waals surface area contributed by atoms with E-state index in [2.05, 4.69) is 25.9 Å². The van der Waals surface area contributed by atoms with Gasteiger partial charge < -0.3 is 35.6 Å². The van der Waals surface area contributed by atoms with Crippen LogP contribution >= 0.6 is 11.8 Å². The van der Waals surface area contributed by atoms with Crippen LogP contribution in [-0.2, 0) is 40.8 Å². The first-order chi connectivity index (χ1) is 33.5. The second-order valence-corrected chi connectivity index (χ2v) is 18.9. The molecule has 0 bridgehead atoms. The van der Waals surface area contributed by atoms with E-state index in [0.29, 0.717) is 24.2 Å². The Morgan fingerprint density at radius 2 is 1.23 bits per heavy atom. The molecule has 5 N–H and O–H groups in total. The summed E-state index contributed by atoms with van der Waals surface area (Å²) in [7, 11) is -2.40. The summed E-state index contributed by atoms with van der Waals surface area (Å²) >= 11 is 1.73. The molecule has 22 heteroatoms. The summed E-state index contributed by atoms with van der Waals surface area (Å²) in [4.78, 5) is 87.3. The third kappa shape index (κ3) is 11.0. The van der Waals surface area contributed by atoms with Crippen molar-refractivity contribution in [2.24, 2.45) is 0 Å². The second kappa shape index (κ2) is 21.5. The molecule has 0 spiro atoms. The Labute approximate surface area is 401 Å². The highest BCUT2D eigenvalue weighted by Gasteiger charge is 2.27. The Balaban J connectivity index is 0.000000207. The van der Waals surface area contributed by atoms with Crippen LogP contribution in [0.3, 0.4) is 0 Å². The predicted molar refractivity (Wildman–Crippen MR) is 256 cm³/mol. The number of thioether (sulfide) groups is 1. The molecule has 1 fully saturated rings. The fourth-order valence-electron chi connectivity index (χ4n) is 7.66. The summed E-state index contributed by atoms with van der Waals surface area (Å²) < 4.78 is 53.8. The fourth-order valence-corrected chi connectivity index (χ4v) is 9.50. The number of pyridine rings is 4. The van der Waals surface area contributed by atoms with Crippen molar-refractivity contribution < 1.29 is 46.6 Å². The summed E-state index contributed by atoms with van der Waals surface area (Å²) in [6.07, 6.45) is 3.74. The highest BCUT2D eigenvalue weighted by molar-refractivity contribution is 7.99. The molecule has 362 valence electrons. The molecule has 0 saturated carbocycles. The molecule has 3 aromatic carbocycles. The van der Waals surface area contributed by atoms with E-state index in [1.165, 1.54) is 42.2 Å². The zero-order chi connectivity index (χ0) is 50.3. The lowest BCUT2D eigenvalue weighted by atomic mass is 10.1. The quantitative estimate of drug-likeness (QED) is 0.117. The smallest absolute Gasteiger partial charge is 0.268 e. The number of nitrogens with zero attached hydrogens (tertiary/aromatic N) is 5. The molecule has 0 aliphatic carbocycles. The van der Waals surface area contributed by atoms with Gasteiger partial charge >= 0.3 is 0 Å². The number of sulfone groups is 1. The molecule has 0 atom stereocenters. The Morgan fingerprint density at radius 3 is 1.80 bits per heavy atom. The Morgan fingerprint density at radius 1 is 0.700 bits per heavy atom. The van der Waals surface area contributed by atoms with Crippen LogP contribution in [0.1, 0.15) is 47.8 Å².